The average molecular weight is 455 g/mol. The van der Waals surface area contributed by atoms with Gasteiger partial charge in [-0.05, 0) is 68.4 Å². The summed E-state index contributed by atoms with van der Waals surface area (Å²) in [5, 5.41) is 5.90. The normalized spacial score (nSPS) is 11.5. The van der Waals surface area contributed by atoms with Crippen LogP contribution in [0.1, 0.15) is 22.8 Å². The van der Waals surface area contributed by atoms with Gasteiger partial charge in [-0.3, -0.25) is 9.59 Å². The van der Waals surface area contributed by atoms with E-state index in [2.05, 4.69) is 10.6 Å². The van der Waals surface area contributed by atoms with Gasteiger partial charge in [-0.25, -0.2) is 0 Å². The number of benzene rings is 3. The summed E-state index contributed by atoms with van der Waals surface area (Å²) in [6.07, 6.45) is 0. The summed E-state index contributed by atoms with van der Waals surface area (Å²) >= 11 is 7.44. The molecule has 2 N–H and O–H groups in total. The largest absolute Gasteiger partial charge is 0.495 e. The van der Waals surface area contributed by atoms with Crippen LogP contribution in [0.2, 0.25) is 5.02 Å². The van der Waals surface area contributed by atoms with Gasteiger partial charge in [0.15, 0.2) is 0 Å². The van der Waals surface area contributed by atoms with Crippen molar-refractivity contribution in [2.75, 3.05) is 17.7 Å². The zero-order chi connectivity index (χ0) is 22.4. The Kier molecular flexibility index (Phi) is 7.60. The molecule has 3 aromatic rings. The Balaban J connectivity index is 1.59. The predicted octanol–water partition coefficient (Wildman–Crippen LogP) is 6.03. The van der Waals surface area contributed by atoms with Crippen LogP contribution < -0.4 is 15.4 Å². The van der Waals surface area contributed by atoms with Crippen molar-refractivity contribution < 1.29 is 14.3 Å². The first-order chi connectivity index (χ1) is 14.9. The third-order valence-electron chi connectivity index (χ3n) is 4.49. The van der Waals surface area contributed by atoms with Crippen molar-refractivity contribution in [3.05, 3.63) is 82.9 Å². The first kappa shape index (κ1) is 22.7. The Morgan fingerprint density at radius 1 is 1.00 bits per heavy atom. The number of nitrogens with one attached hydrogen (secondary N) is 2. The molecule has 160 valence electrons. The van der Waals surface area contributed by atoms with Crippen LogP contribution >= 0.6 is 23.4 Å². The van der Waals surface area contributed by atoms with E-state index in [1.165, 1.54) is 18.9 Å². The molecule has 3 aromatic carbocycles. The monoisotopic (exact) mass is 454 g/mol. The SMILES string of the molecule is COc1ccc(Cl)cc1NC(=O)C(C)Sc1ccc(NC(=O)c2cccc(C)c2)cc1. The lowest BCUT2D eigenvalue weighted by molar-refractivity contribution is -0.115. The van der Waals surface area contributed by atoms with Gasteiger partial charge >= 0.3 is 0 Å². The van der Waals surface area contributed by atoms with Crippen molar-refractivity contribution in [1.82, 2.24) is 0 Å². The maximum Gasteiger partial charge on any atom is 0.255 e. The molecule has 0 aromatic heterocycles. The van der Waals surface area contributed by atoms with Gasteiger partial charge in [-0.2, -0.15) is 0 Å². The summed E-state index contributed by atoms with van der Waals surface area (Å²) in [7, 11) is 1.54. The van der Waals surface area contributed by atoms with E-state index in [0.717, 1.165) is 10.5 Å². The molecule has 0 heterocycles. The van der Waals surface area contributed by atoms with Gasteiger partial charge in [0.05, 0.1) is 18.0 Å². The fourth-order valence-electron chi connectivity index (χ4n) is 2.88. The van der Waals surface area contributed by atoms with E-state index in [0.29, 0.717) is 27.7 Å². The number of ether oxygens (including phenoxy) is 1. The molecule has 1 atom stereocenters. The highest BCUT2D eigenvalue weighted by atomic mass is 35.5. The van der Waals surface area contributed by atoms with Gasteiger partial charge < -0.3 is 15.4 Å². The molecular weight excluding hydrogens is 432 g/mol. The molecule has 2 amide bonds. The molecule has 31 heavy (non-hydrogen) atoms. The lowest BCUT2D eigenvalue weighted by atomic mass is 10.1. The summed E-state index contributed by atoms with van der Waals surface area (Å²) in [5.74, 6) is 0.221. The van der Waals surface area contributed by atoms with Crippen LogP contribution in [0.4, 0.5) is 11.4 Å². The Hall–Kier alpha value is -2.96. The molecule has 0 spiro atoms. The van der Waals surface area contributed by atoms with E-state index in [4.69, 9.17) is 16.3 Å². The lowest BCUT2D eigenvalue weighted by Crippen LogP contribution is -2.22. The van der Waals surface area contributed by atoms with E-state index < -0.39 is 0 Å². The minimum absolute atomic E-state index is 0.160. The van der Waals surface area contributed by atoms with Crippen molar-refractivity contribution in [1.29, 1.82) is 0 Å². The van der Waals surface area contributed by atoms with Gasteiger partial charge in [-0.15, -0.1) is 11.8 Å². The molecule has 7 heteroatoms. The Bertz CT molecular complexity index is 1090. The van der Waals surface area contributed by atoms with Crippen molar-refractivity contribution >= 4 is 46.6 Å². The maximum atomic E-state index is 12.6. The molecule has 0 aliphatic carbocycles. The molecule has 0 aliphatic rings. The summed E-state index contributed by atoms with van der Waals surface area (Å²) in [4.78, 5) is 25.9. The van der Waals surface area contributed by atoms with Crippen molar-refractivity contribution in [2.45, 2.75) is 24.0 Å². The molecule has 5 nitrogen and oxygen atoms in total. The fraction of sp³-hybridized carbons (Fsp3) is 0.167. The number of anilines is 2. The lowest BCUT2D eigenvalue weighted by Gasteiger charge is -2.15. The van der Waals surface area contributed by atoms with E-state index in [-0.39, 0.29) is 17.1 Å². The summed E-state index contributed by atoms with van der Waals surface area (Å²) < 4.78 is 5.27. The summed E-state index contributed by atoms with van der Waals surface area (Å²) in [5.41, 5.74) is 2.86. The van der Waals surface area contributed by atoms with Crippen molar-refractivity contribution in [2.24, 2.45) is 0 Å². The Morgan fingerprint density at radius 2 is 1.74 bits per heavy atom. The van der Waals surface area contributed by atoms with Gasteiger partial charge in [0.25, 0.3) is 5.91 Å². The predicted molar refractivity (Wildman–Crippen MR) is 128 cm³/mol. The Labute approximate surface area is 191 Å². The second-order valence-corrected chi connectivity index (χ2v) is 8.79. The third-order valence-corrected chi connectivity index (χ3v) is 5.84. The number of aryl methyl sites for hydroxylation is 1. The van der Waals surface area contributed by atoms with Crippen LogP contribution in [-0.2, 0) is 4.79 Å². The molecule has 0 saturated heterocycles. The van der Waals surface area contributed by atoms with Crippen LogP contribution in [-0.4, -0.2) is 24.2 Å². The summed E-state index contributed by atoms with van der Waals surface area (Å²) in [6, 6.07) is 19.9. The van der Waals surface area contributed by atoms with Gasteiger partial charge in [0.2, 0.25) is 5.91 Å². The standard InChI is InChI=1S/C24H23ClN2O3S/c1-15-5-4-6-17(13-15)24(29)26-19-8-10-20(11-9-19)31-16(2)23(28)27-21-14-18(25)7-12-22(21)30-3/h4-14,16H,1-3H3,(H,26,29)(H,27,28). The smallest absolute Gasteiger partial charge is 0.255 e. The first-order valence-electron chi connectivity index (χ1n) is 9.65. The summed E-state index contributed by atoms with van der Waals surface area (Å²) in [6.45, 7) is 3.77. The molecule has 0 aliphatic heterocycles. The van der Waals surface area contributed by atoms with Gasteiger partial charge in [-0.1, -0.05) is 29.3 Å². The number of rotatable bonds is 7. The average Bonchev–Trinajstić information content (AvgIpc) is 2.75. The molecule has 0 fully saturated rings. The van der Waals surface area contributed by atoms with Crippen LogP contribution in [0.5, 0.6) is 5.75 Å². The van der Waals surface area contributed by atoms with E-state index >= 15 is 0 Å². The number of thioether (sulfide) groups is 1. The topological polar surface area (TPSA) is 67.4 Å². The van der Waals surface area contributed by atoms with Gasteiger partial charge in [0, 0.05) is 21.2 Å². The molecule has 1 unspecified atom stereocenters. The number of amides is 2. The van der Waals surface area contributed by atoms with E-state index in [9.17, 15) is 9.59 Å². The van der Waals surface area contributed by atoms with E-state index in [1.54, 1.807) is 24.3 Å². The highest BCUT2D eigenvalue weighted by Crippen LogP contribution is 2.30. The number of halogens is 1. The van der Waals surface area contributed by atoms with Gasteiger partial charge in [0.1, 0.15) is 5.75 Å². The van der Waals surface area contributed by atoms with Crippen molar-refractivity contribution in [3.63, 3.8) is 0 Å². The molecule has 0 saturated carbocycles. The molecule has 3 rings (SSSR count). The maximum absolute atomic E-state index is 12.6. The second kappa shape index (κ2) is 10.4. The van der Waals surface area contributed by atoms with Crippen LogP contribution in [0.25, 0.3) is 0 Å². The minimum Gasteiger partial charge on any atom is -0.495 e. The van der Waals surface area contributed by atoms with Crippen LogP contribution in [0.15, 0.2) is 71.6 Å². The fourth-order valence-corrected chi connectivity index (χ4v) is 3.92. The van der Waals surface area contributed by atoms with Crippen molar-refractivity contribution in [3.8, 4) is 5.75 Å². The number of carbonyl (C=O) groups is 2. The second-order valence-electron chi connectivity index (χ2n) is 6.94. The van der Waals surface area contributed by atoms with Crippen LogP contribution in [0.3, 0.4) is 0 Å². The van der Waals surface area contributed by atoms with E-state index in [1.807, 2.05) is 56.3 Å². The highest BCUT2D eigenvalue weighted by Gasteiger charge is 2.17. The quantitative estimate of drug-likeness (QED) is 0.428. The number of methoxy groups -OCH3 is 1. The number of hydrogen-bond acceptors (Lipinski definition) is 4. The third kappa shape index (κ3) is 6.26. The zero-order valence-corrected chi connectivity index (χ0v) is 19.0. The number of carbonyl (C=O) groups excluding carboxylic acids is 2. The Morgan fingerprint density at radius 3 is 2.42 bits per heavy atom. The highest BCUT2D eigenvalue weighted by molar-refractivity contribution is 8.00. The zero-order valence-electron chi connectivity index (χ0n) is 17.4. The molecule has 0 radical (unpaired) electrons. The van der Waals surface area contributed by atoms with Crippen LogP contribution in [0, 0.1) is 6.92 Å². The minimum atomic E-state index is -0.351. The molecular formula is C24H23ClN2O3S. The molecule has 0 bridgehead atoms. The number of hydrogen-bond donors (Lipinski definition) is 2. The first-order valence-corrected chi connectivity index (χ1v) is 10.9.